The van der Waals surface area contributed by atoms with Crippen LogP contribution in [0.1, 0.15) is 5.56 Å². The van der Waals surface area contributed by atoms with Crippen LogP contribution in [0, 0.1) is 0 Å². The first-order valence-electron chi connectivity index (χ1n) is 5.25. The van der Waals surface area contributed by atoms with Gasteiger partial charge in [-0.2, -0.15) is 0 Å². The highest BCUT2D eigenvalue weighted by Crippen LogP contribution is 1.98. The molecular weight excluding hydrogens is 188 g/mol. The number of hydrogen-bond donors (Lipinski definition) is 2. The van der Waals surface area contributed by atoms with E-state index in [2.05, 4.69) is 23.0 Å². The minimum atomic E-state index is 0.0731. The van der Waals surface area contributed by atoms with Gasteiger partial charge in [0.1, 0.15) is 0 Å². The van der Waals surface area contributed by atoms with E-state index < -0.39 is 0 Å². The fourth-order valence-electron chi connectivity index (χ4n) is 1.43. The number of likely N-dealkylation sites (N-methyl/N-ethyl adjacent to an activating group) is 1. The molecule has 84 valence electrons. The maximum Gasteiger partial charge on any atom is 0.0300 e. The van der Waals surface area contributed by atoms with Gasteiger partial charge >= 0.3 is 0 Å². The van der Waals surface area contributed by atoms with E-state index in [1.165, 1.54) is 5.56 Å². The van der Waals surface area contributed by atoms with Crippen molar-refractivity contribution in [1.82, 2.24) is 9.88 Å². The largest absolute Gasteiger partial charge is 0.329 e. The number of nitrogens with two attached hydrogens (primary N) is 2. The molecule has 0 aliphatic rings. The summed E-state index contributed by atoms with van der Waals surface area (Å²) in [5, 5.41) is 0. The summed E-state index contributed by atoms with van der Waals surface area (Å²) in [7, 11) is 2.06. The van der Waals surface area contributed by atoms with E-state index in [4.69, 9.17) is 11.5 Å². The van der Waals surface area contributed by atoms with Gasteiger partial charge in [0.15, 0.2) is 0 Å². The first-order chi connectivity index (χ1) is 7.22. The molecule has 0 fully saturated rings. The smallest absolute Gasteiger partial charge is 0.0300 e. The van der Waals surface area contributed by atoms with E-state index >= 15 is 0 Å². The summed E-state index contributed by atoms with van der Waals surface area (Å²) in [5.41, 5.74) is 12.5. The van der Waals surface area contributed by atoms with Crippen molar-refractivity contribution < 1.29 is 0 Å². The summed E-state index contributed by atoms with van der Waals surface area (Å²) in [5.74, 6) is 0. The van der Waals surface area contributed by atoms with Crippen molar-refractivity contribution in [1.29, 1.82) is 0 Å². The van der Waals surface area contributed by atoms with Crippen LogP contribution in [0.2, 0.25) is 0 Å². The minimum absolute atomic E-state index is 0.0731. The molecule has 0 aliphatic heterocycles. The van der Waals surface area contributed by atoms with Crippen molar-refractivity contribution in [3.63, 3.8) is 0 Å². The SMILES string of the molecule is CN(CCc1cccnc1)CC(N)CN. The lowest BCUT2D eigenvalue weighted by molar-refractivity contribution is 0.316. The van der Waals surface area contributed by atoms with E-state index in [9.17, 15) is 0 Å². The van der Waals surface area contributed by atoms with E-state index in [-0.39, 0.29) is 6.04 Å². The molecule has 15 heavy (non-hydrogen) atoms. The van der Waals surface area contributed by atoms with Gasteiger partial charge in [-0.1, -0.05) is 6.07 Å². The van der Waals surface area contributed by atoms with Crippen LogP contribution in [-0.4, -0.2) is 42.6 Å². The lowest BCUT2D eigenvalue weighted by Crippen LogP contribution is -2.41. The molecule has 0 aromatic carbocycles. The Morgan fingerprint density at radius 3 is 2.93 bits per heavy atom. The zero-order chi connectivity index (χ0) is 11.1. The van der Waals surface area contributed by atoms with E-state index in [0.29, 0.717) is 6.54 Å². The molecule has 1 rings (SSSR count). The van der Waals surface area contributed by atoms with Crippen LogP contribution in [0.15, 0.2) is 24.5 Å². The molecule has 1 atom stereocenters. The third-order valence-electron chi connectivity index (χ3n) is 2.35. The average Bonchev–Trinajstić information content (AvgIpc) is 2.27. The first kappa shape index (κ1) is 12.1. The third-order valence-corrected chi connectivity index (χ3v) is 2.35. The second kappa shape index (κ2) is 6.50. The van der Waals surface area contributed by atoms with Crippen molar-refractivity contribution in [3.05, 3.63) is 30.1 Å². The molecule has 0 aliphatic carbocycles. The van der Waals surface area contributed by atoms with Crippen molar-refractivity contribution in [2.45, 2.75) is 12.5 Å². The van der Waals surface area contributed by atoms with Crippen molar-refractivity contribution >= 4 is 0 Å². The molecule has 0 spiro atoms. The molecule has 4 N–H and O–H groups in total. The highest BCUT2D eigenvalue weighted by atomic mass is 15.1. The molecule has 1 aromatic heterocycles. The van der Waals surface area contributed by atoms with Crippen molar-refractivity contribution in [3.8, 4) is 0 Å². The highest BCUT2D eigenvalue weighted by Gasteiger charge is 2.04. The van der Waals surface area contributed by atoms with E-state index in [0.717, 1.165) is 19.5 Å². The van der Waals surface area contributed by atoms with Gasteiger partial charge in [-0.15, -0.1) is 0 Å². The summed E-state index contributed by atoms with van der Waals surface area (Å²) >= 11 is 0. The van der Waals surface area contributed by atoms with Gasteiger partial charge in [-0.25, -0.2) is 0 Å². The Kier molecular flexibility index (Phi) is 5.25. The van der Waals surface area contributed by atoms with Crippen LogP contribution in [0.25, 0.3) is 0 Å². The summed E-state index contributed by atoms with van der Waals surface area (Å²) < 4.78 is 0. The lowest BCUT2D eigenvalue weighted by Gasteiger charge is -2.19. The zero-order valence-corrected chi connectivity index (χ0v) is 9.26. The molecule has 0 bridgehead atoms. The second-order valence-corrected chi connectivity index (χ2v) is 3.87. The van der Waals surface area contributed by atoms with E-state index in [1.807, 2.05) is 12.3 Å². The molecule has 0 amide bonds. The Morgan fingerprint density at radius 1 is 1.53 bits per heavy atom. The Hall–Kier alpha value is -0.970. The first-order valence-corrected chi connectivity index (χ1v) is 5.25. The van der Waals surface area contributed by atoms with Gasteiger partial charge in [0.25, 0.3) is 0 Å². The predicted molar refractivity (Wildman–Crippen MR) is 62.5 cm³/mol. The Labute approximate surface area is 91.3 Å². The number of rotatable bonds is 6. The monoisotopic (exact) mass is 208 g/mol. The Balaban J connectivity index is 2.25. The van der Waals surface area contributed by atoms with Crippen LogP contribution >= 0.6 is 0 Å². The van der Waals surface area contributed by atoms with Crippen molar-refractivity contribution in [2.24, 2.45) is 11.5 Å². The molecule has 0 saturated heterocycles. The highest BCUT2D eigenvalue weighted by molar-refractivity contribution is 5.08. The average molecular weight is 208 g/mol. The molecule has 0 radical (unpaired) electrons. The van der Waals surface area contributed by atoms with Gasteiger partial charge in [0, 0.05) is 38.1 Å². The minimum Gasteiger partial charge on any atom is -0.329 e. The molecule has 4 nitrogen and oxygen atoms in total. The van der Waals surface area contributed by atoms with E-state index in [1.54, 1.807) is 6.20 Å². The maximum absolute atomic E-state index is 5.76. The van der Waals surface area contributed by atoms with Crippen molar-refractivity contribution in [2.75, 3.05) is 26.7 Å². The summed E-state index contributed by atoms with van der Waals surface area (Å²) in [6, 6.07) is 4.12. The molecule has 1 unspecified atom stereocenters. The third kappa shape index (κ3) is 4.88. The summed E-state index contributed by atoms with van der Waals surface area (Å²) in [6.45, 7) is 2.37. The molecule has 1 heterocycles. The van der Waals surface area contributed by atoms with Crippen LogP contribution in [0.4, 0.5) is 0 Å². The molecule has 4 heteroatoms. The second-order valence-electron chi connectivity index (χ2n) is 3.87. The Bertz CT molecular complexity index is 263. The summed E-state index contributed by atoms with van der Waals surface area (Å²) in [4.78, 5) is 6.28. The van der Waals surface area contributed by atoms with Gasteiger partial charge in [0.2, 0.25) is 0 Å². The summed E-state index contributed by atoms with van der Waals surface area (Å²) in [6.07, 6.45) is 4.69. The predicted octanol–water partition coefficient (Wildman–Crippen LogP) is -0.158. The van der Waals surface area contributed by atoms with Crippen LogP contribution in [-0.2, 0) is 6.42 Å². The van der Waals surface area contributed by atoms with Gasteiger partial charge < -0.3 is 16.4 Å². The molecule has 0 saturated carbocycles. The van der Waals surface area contributed by atoms with Crippen LogP contribution in [0.5, 0.6) is 0 Å². The molecule has 1 aromatic rings. The van der Waals surface area contributed by atoms with Gasteiger partial charge in [0.05, 0.1) is 0 Å². The number of hydrogen-bond acceptors (Lipinski definition) is 4. The number of aromatic nitrogens is 1. The fourth-order valence-corrected chi connectivity index (χ4v) is 1.43. The zero-order valence-electron chi connectivity index (χ0n) is 9.26. The lowest BCUT2D eigenvalue weighted by atomic mass is 10.2. The maximum atomic E-state index is 5.76. The van der Waals surface area contributed by atoms with Crippen LogP contribution < -0.4 is 11.5 Å². The normalized spacial score (nSPS) is 13.1. The number of pyridine rings is 1. The number of nitrogens with zero attached hydrogens (tertiary/aromatic N) is 2. The standard InChI is InChI=1S/C11H20N4/c1-15(9-11(13)7-12)6-4-10-3-2-5-14-8-10/h2-3,5,8,11H,4,6-7,9,12-13H2,1H3. The molecular formula is C11H20N4. The Morgan fingerprint density at radius 2 is 2.33 bits per heavy atom. The van der Waals surface area contributed by atoms with Gasteiger partial charge in [-0.05, 0) is 25.1 Å². The van der Waals surface area contributed by atoms with Crippen LogP contribution in [0.3, 0.4) is 0 Å². The fraction of sp³-hybridized carbons (Fsp3) is 0.545. The quantitative estimate of drug-likeness (QED) is 0.682. The topological polar surface area (TPSA) is 68.2 Å². The van der Waals surface area contributed by atoms with Gasteiger partial charge in [-0.3, -0.25) is 4.98 Å².